The Morgan fingerprint density at radius 1 is 1.19 bits per heavy atom. The average Bonchev–Trinajstić information content (AvgIpc) is 2.98. The third-order valence-electron chi connectivity index (χ3n) is 5.31. The largest absolute Gasteiger partial charge is 0.306 e. The second kappa shape index (κ2) is 6.13. The first kappa shape index (κ1) is 14.5. The minimum Gasteiger partial charge on any atom is -0.306 e. The summed E-state index contributed by atoms with van der Waals surface area (Å²) in [6, 6.07) is 8.67. The quantitative estimate of drug-likeness (QED) is 0.627. The Labute approximate surface area is 127 Å². The monoisotopic (exact) mass is 284 g/mol. The SMILES string of the molecule is CN1CCC(c2ccccc2C2(N=C=O)CCCC2)CC1. The van der Waals surface area contributed by atoms with Gasteiger partial charge in [-0.3, -0.25) is 0 Å². The van der Waals surface area contributed by atoms with Gasteiger partial charge >= 0.3 is 0 Å². The van der Waals surface area contributed by atoms with Crippen molar-refractivity contribution in [3.8, 4) is 0 Å². The van der Waals surface area contributed by atoms with E-state index in [9.17, 15) is 4.79 Å². The number of rotatable bonds is 3. The highest BCUT2D eigenvalue weighted by Gasteiger charge is 2.38. The molecule has 0 aromatic heterocycles. The fourth-order valence-corrected chi connectivity index (χ4v) is 4.09. The predicted molar refractivity (Wildman–Crippen MR) is 84.2 cm³/mol. The van der Waals surface area contributed by atoms with E-state index in [0.29, 0.717) is 5.92 Å². The number of hydrogen-bond acceptors (Lipinski definition) is 3. The van der Waals surface area contributed by atoms with Crippen molar-refractivity contribution in [3.05, 3.63) is 35.4 Å². The van der Waals surface area contributed by atoms with Crippen molar-refractivity contribution in [1.29, 1.82) is 0 Å². The van der Waals surface area contributed by atoms with E-state index >= 15 is 0 Å². The van der Waals surface area contributed by atoms with Gasteiger partial charge in [0, 0.05) is 0 Å². The molecule has 0 bridgehead atoms. The Balaban J connectivity index is 1.97. The van der Waals surface area contributed by atoms with Gasteiger partial charge in [-0.05, 0) is 62.9 Å². The maximum Gasteiger partial charge on any atom is 0.235 e. The Morgan fingerprint density at radius 3 is 2.52 bits per heavy atom. The zero-order chi connectivity index (χ0) is 14.7. The van der Waals surface area contributed by atoms with Crippen LogP contribution in [0, 0.1) is 0 Å². The number of likely N-dealkylation sites (tertiary alicyclic amines) is 1. The predicted octanol–water partition coefficient (Wildman–Crippen LogP) is 3.60. The summed E-state index contributed by atoms with van der Waals surface area (Å²) in [5.41, 5.74) is 2.42. The van der Waals surface area contributed by atoms with Crippen LogP contribution in [0.1, 0.15) is 55.6 Å². The lowest BCUT2D eigenvalue weighted by Gasteiger charge is -2.33. The topological polar surface area (TPSA) is 32.7 Å². The lowest BCUT2D eigenvalue weighted by Crippen LogP contribution is -2.31. The molecule has 3 rings (SSSR count). The van der Waals surface area contributed by atoms with Crippen molar-refractivity contribution in [2.75, 3.05) is 20.1 Å². The minimum atomic E-state index is -0.290. The number of aliphatic imine (C=N–C) groups is 1. The summed E-state index contributed by atoms with van der Waals surface area (Å²) in [4.78, 5) is 17.6. The molecular formula is C18H24N2O. The van der Waals surface area contributed by atoms with Crippen molar-refractivity contribution < 1.29 is 4.79 Å². The minimum absolute atomic E-state index is 0.290. The molecule has 21 heavy (non-hydrogen) atoms. The second-order valence-electron chi connectivity index (χ2n) is 6.61. The summed E-state index contributed by atoms with van der Waals surface area (Å²) in [5, 5.41) is 0. The highest BCUT2D eigenvalue weighted by atomic mass is 16.1. The van der Waals surface area contributed by atoms with Crippen molar-refractivity contribution in [2.24, 2.45) is 4.99 Å². The smallest absolute Gasteiger partial charge is 0.235 e. The molecule has 112 valence electrons. The van der Waals surface area contributed by atoms with Crippen LogP contribution in [-0.2, 0) is 10.3 Å². The Morgan fingerprint density at radius 2 is 1.86 bits per heavy atom. The molecule has 1 aromatic rings. The van der Waals surface area contributed by atoms with Gasteiger partial charge in [0.1, 0.15) is 0 Å². The molecule has 1 aliphatic heterocycles. The van der Waals surface area contributed by atoms with Gasteiger partial charge in [-0.15, -0.1) is 0 Å². The average molecular weight is 284 g/mol. The summed E-state index contributed by atoms with van der Waals surface area (Å²) in [6.45, 7) is 2.31. The van der Waals surface area contributed by atoms with Crippen molar-refractivity contribution >= 4 is 6.08 Å². The summed E-state index contributed by atoms with van der Waals surface area (Å²) in [5.74, 6) is 0.608. The number of piperidine rings is 1. The molecular weight excluding hydrogens is 260 g/mol. The van der Waals surface area contributed by atoms with Crippen LogP contribution in [0.4, 0.5) is 0 Å². The zero-order valence-corrected chi connectivity index (χ0v) is 12.8. The van der Waals surface area contributed by atoms with E-state index in [1.807, 2.05) is 6.08 Å². The molecule has 1 aliphatic carbocycles. The highest BCUT2D eigenvalue weighted by Crippen LogP contribution is 2.45. The number of hydrogen-bond donors (Lipinski definition) is 0. The summed E-state index contributed by atoms with van der Waals surface area (Å²) >= 11 is 0. The fraction of sp³-hybridized carbons (Fsp3) is 0.611. The molecule has 0 unspecified atom stereocenters. The fourth-order valence-electron chi connectivity index (χ4n) is 4.09. The number of isocyanates is 1. The molecule has 1 saturated heterocycles. The molecule has 0 spiro atoms. The van der Waals surface area contributed by atoms with Crippen LogP contribution in [0.2, 0.25) is 0 Å². The van der Waals surface area contributed by atoms with E-state index in [0.717, 1.165) is 38.8 Å². The summed E-state index contributed by atoms with van der Waals surface area (Å²) < 4.78 is 0. The Kier molecular flexibility index (Phi) is 4.23. The summed E-state index contributed by atoms with van der Waals surface area (Å²) in [7, 11) is 2.19. The first-order valence-electron chi connectivity index (χ1n) is 8.12. The molecule has 0 N–H and O–H groups in total. The first-order chi connectivity index (χ1) is 10.2. The lowest BCUT2D eigenvalue weighted by atomic mass is 9.78. The number of carbonyl (C=O) groups excluding carboxylic acids is 1. The molecule has 3 heteroatoms. The van der Waals surface area contributed by atoms with E-state index in [2.05, 4.69) is 41.2 Å². The first-order valence-corrected chi connectivity index (χ1v) is 8.12. The molecule has 1 saturated carbocycles. The maximum atomic E-state index is 11.0. The van der Waals surface area contributed by atoms with Crippen molar-refractivity contribution in [3.63, 3.8) is 0 Å². The van der Waals surface area contributed by atoms with Crippen LogP contribution >= 0.6 is 0 Å². The third kappa shape index (κ3) is 2.81. The zero-order valence-electron chi connectivity index (χ0n) is 12.8. The normalized spacial score (nSPS) is 22.9. The van der Waals surface area contributed by atoms with Crippen LogP contribution in [-0.4, -0.2) is 31.1 Å². The maximum absolute atomic E-state index is 11.0. The van der Waals surface area contributed by atoms with Crippen molar-refractivity contribution in [2.45, 2.75) is 50.0 Å². The van der Waals surface area contributed by atoms with E-state index in [1.54, 1.807) is 0 Å². The number of nitrogens with zero attached hydrogens (tertiary/aromatic N) is 2. The van der Waals surface area contributed by atoms with Crippen LogP contribution in [0.3, 0.4) is 0 Å². The lowest BCUT2D eigenvalue weighted by molar-refractivity contribution is 0.253. The summed E-state index contributed by atoms with van der Waals surface area (Å²) in [6.07, 6.45) is 8.56. The van der Waals surface area contributed by atoms with Gasteiger partial charge in [0.25, 0.3) is 0 Å². The second-order valence-corrected chi connectivity index (χ2v) is 6.61. The highest BCUT2D eigenvalue weighted by molar-refractivity contribution is 5.43. The van der Waals surface area contributed by atoms with Gasteiger partial charge in [-0.25, -0.2) is 4.79 Å². The van der Waals surface area contributed by atoms with Gasteiger partial charge in [0.05, 0.1) is 5.54 Å². The van der Waals surface area contributed by atoms with Crippen molar-refractivity contribution in [1.82, 2.24) is 4.90 Å². The molecule has 0 radical (unpaired) electrons. The Bertz CT molecular complexity index is 534. The van der Waals surface area contributed by atoms with E-state index in [-0.39, 0.29) is 5.54 Å². The van der Waals surface area contributed by atoms with E-state index in [4.69, 9.17) is 0 Å². The van der Waals surface area contributed by atoms with Gasteiger partial charge in [0.15, 0.2) is 0 Å². The van der Waals surface area contributed by atoms with Crippen LogP contribution in [0.25, 0.3) is 0 Å². The molecule has 0 atom stereocenters. The molecule has 2 aliphatic rings. The standard InChI is InChI=1S/C18H24N2O/c1-20-12-8-15(9-13-20)16-6-2-3-7-17(16)18(19-14-21)10-4-5-11-18/h2-3,6-7,15H,4-5,8-13H2,1H3. The van der Waals surface area contributed by atoms with Crippen LogP contribution < -0.4 is 0 Å². The van der Waals surface area contributed by atoms with Gasteiger partial charge < -0.3 is 4.90 Å². The third-order valence-corrected chi connectivity index (χ3v) is 5.31. The number of benzene rings is 1. The molecule has 2 fully saturated rings. The Hall–Kier alpha value is -1.44. The van der Waals surface area contributed by atoms with Crippen LogP contribution in [0.15, 0.2) is 29.3 Å². The molecule has 3 nitrogen and oxygen atoms in total. The molecule has 1 heterocycles. The van der Waals surface area contributed by atoms with Gasteiger partial charge in [-0.1, -0.05) is 37.1 Å². The van der Waals surface area contributed by atoms with E-state index < -0.39 is 0 Å². The van der Waals surface area contributed by atoms with Gasteiger partial charge in [0.2, 0.25) is 6.08 Å². The van der Waals surface area contributed by atoms with Gasteiger partial charge in [-0.2, -0.15) is 4.99 Å². The molecule has 1 aromatic carbocycles. The molecule has 0 amide bonds. The van der Waals surface area contributed by atoms with Crippen LogP contribution in [0.5, 0.6) is 0 Å². The van der Waals surface area contributed by atoms with E-state index in [1.165, 1.54) is 24.0 Å².